The van der Waals surface area contributed by atoms with E-state index in [-0.39, 0.29) is 53.4 Å². The molecule has 0 aliphatic carbocycles. The minimum absolute atomic E-state index is 0.00377. The largest absolute Gasteiger partial charge is 0.493 e. The maximum Gasteiger partial charge on any atom is 0.353 e. The van der Waals surface area contributed by atoms with Crippen LogP contribution in [-0.2, 0) is 40.4 Å². The number of aliphatic hydroxyl groups excluding tert-OH is 1. The number of fused-ring (bicyclic) bond motifs is 1. The number of carbonyl (C=O) groups is 5. The van der Waals surface area contributed by atoms with E-state index < -0.39 is 63.6 Å². The molecule has 322 valence electrons. The number of β-lactam (4-membered cyclic amide) rings is 1. The van der Waals surface area contributed by atoms with Crippen LogP contribution < -0.4 is 30.1 Å². The van der Waals surface area contributed by atoms with Gasteiger partial charge in [-0.05, 0) is 74.9 Å². The maximum absolute atomic E-state index is 13.2. The summed E-state index contributed by atoms with van der Waals surface area (Å²) in [7, 11) is -0.884. The molecule has 6 N–H and O–H groups in total. The van der Waals surface area contributed by atoms with Gasteiger partial charge in [0, 0.05) is 53.4 Å². The Hall–Kier alpha value is -4.69. The third-order valence-corrected chi connectivity index (χ3v) is 13.3. The summed E-state index contributed by atoms with van der Waals surface area (Å²) in [5.41, 5.74) is 1.31. The summed E-state index contributed by atoms with van der Waals surface area (Å²) < 4.78 is 43.5. The second-order valence-corrected chi connectivity index (χ2v) is 17.9. The molecular weight excluding hydrogens is 807 g/mol. The first-order valence-electron chi connectivity index (χ1n) is 19.5. The van der Waals surface area contributed by atoms with Gasteiger partial charge in [0.2, 0.25) is 27.7 Å². The van der Waals surface area contributed by atoms with Gasteiger partial charge in [-0.15, -0.1) is 11.8 Å². The molecule has 0 aromatic heterocycles. The number of nitrogens with zero attached hydrogens (tertiary/aromatic N) is 1. The van der Waals surface area contributed by atoms with Gasteiger partial charge in [0.1, 0.15) is 5.70 Å². The van der Waals surface area contributed by atoms with Crippen molar-refractivity contribution in [3.05, 3.63) is 64.2 Å². The molecular formula is C40H53N5O12S2. The Bertz CT molecular complexity index is 2030. The lowest BCUT2D eigenvalue weighted by Gasteiger charge is -2.46. The number of hydrogen-bond donors (Lipinski definition) is 6. The first-order chi connectivity index (χ1) is 28.1. The van der Waals surface area contributed by atoms with Crippen molar-refractivity contribution in [2.45, 2.75) is 75.8 Å². The van der Waals surface area contributed by atoms with E-state index in [4.69, 9.17) is 14.2 Å². The van der Waals surface area contributed by atoms with Crippen molar-refractivity contribution in [2.75, 3.05) is 51.6 Å². The molecule has 0 saturated carbocycles. The average Bonchev–Trinajstić information content (AvgIpc) is 3.76. The molecule has 2 aromatic carbocycles. The van der Waals surface area contributed by atoms with Gasteiger partial charge in [0.15, 0.2) is 11.5 Å². The number of methoxy groups -OCH3 is 2. The van der Waals surface area contributed by atoms with Gasteiger partial charge in [0.25, 0.3) is 5.91 Å². The van der Waals surface area contributed by atoms with E-state index >= 15 is 0 Å². The van der Waals surface area contributed by atoms with Crippen LogP contribution in [0.4, 0.5) is 5.69 Å². The fourth-order valence-corrected chi connectivity index (χ4v) is 10.0. The summed E-state index contributed by atoms with van der Waals surface area (Å²) in [5.74, 6) is -3.31. The number of ether oxygens (including phenoxy) is 3. The standard InChI is InChI=1S/C40H53N5O12S2/c1-23-34-33(24(2)46)39(50)45(34)35(40(51)52)36(23)58-28-21-29(42-22-28)38(49)43-27-11-7-10-26(20-27)37(48)44-59(53,54)18-8-12-32(47)41-15-17-57-16-6-5-9-25-13-14-30(55-3)31(19-25)56-4/h7,10-11,13-14,19-20,23-24,28-29,33-34,42,46H,5-6,8-9,12,15-18,21-22H2,1-4H3,(H,41,47)(H,43,49)(H,44,48)(H,51,52)/t23-,24-,28+,29+,33-,34?/m1/s1. The zero-order valence-corrected chi connectivity index (χ0v) is 35.2. The number of sulfonamides is 1. The van der Waals surface area contributed by atoms with Crippen molar-refractivity contribution in [1.29, 1.82) is 0 Å². The fourth-order valence-electron chi connectivity index (χ4n) is 7.51. The Morgan fingerprint density at radius 1 is 1.03 bits per heavy atom. The van der Waals surface area contributed by atoms with Crippen LogP contribution >= 0.6 is 11.8 Å². The molecule has 2 aromatic rings. The van der Waals surface area contributed by atoms with Crippen LogP contribution in [0.1, 0.15) is 61.9 Å². The molecule has 0 bridgehead atoms. The number of anilines is 1. The molecule has 6 atom stereocenters. The van der Waals surface area contributed by atoms with Gasteiger partial charge in [0.05, 0.1) is 50.7 Å². The highest BCUT2D eigenvalue weighted by molar-refractivity contribution is 8.03. The monoisotopic (exact) mass is 859 g/mol. The number of unbranched alkanes of at least 4 members (excludes halogenated alkanes) is 1. The van der Waals surface area contributed by atoms with E-state index in [0.717, 1.165) is 24.8 Å². The second-order valence-electron chi connectivity index (χ2n) is 14.7. The molecule has 4 amide bonds. The average molecular weight is 860 g/mol. The summed E-state index contributed by atoms with van der Waals surface area (Å²) >= 11 is 1.32. The third-order valence-electron chi connectivity index (χ3n) is 10.5. The van der Waals surface area contributed by atoms with Crippen molar-refractivity contribution < 1.29 is 56.8 Å². The fraction of sp³-hybridized carbons (Fsp3) is 0.525. The van der Waals surface area contributed by atoms with Crippen LogP contribution in [-0.4, -0.2) is 123 Å². The van der Waals surface area contributed by atoms with Crippen LogP contribution in [0.5, 0.6) is 11.5 Å². The minimum atomic E-state index is -4.07. The van der Waals surface area contributed by atoms with E-state index in [9.17, 15) is 42.6 Å². The van der Waals surface area contributed by atoms with Crippen molar-refractivity contribution in [3.8, 4) is 11.5 Å². The number of carboxylic acids is 1. The summed E-state index contributed by atoms with van der Waals surface area (Å²) in [6.45, 7) is 4.87. The van der Waals surface area contributed by atoms with E-state index in [0.29, 0.717) is 42.6 Å². The summed E-state index contributed by atoms with van der Waals surface area (Å²) in [5, 5.41) is 28.4. The molecule has 19 heteroatoms. The highest BCUT2D eigenvalue weighted by Crippen LogP contribution is 2.51. The van der Waals surface area contributed by atoms with E-state index in [1.54, 1.807) is 20.3 Å². The van der Waals surface area contributed by atoms with Gasteiger partial charge in [-0.3, -0.25) is 19.2 Å². The third kappa shape index (κ3) is 11.5. The lowest BCUT2D eigenvalue weighted by molar-refractivity contribution is -0.163. The maximum atomic E-state index is 13.2. The van der Waals surface area contributed by atoms with E-state index in [1.165, 1.54) is 41.8 Å². The van der Waals surface area contributed by atoms with Gasteiger partial charge < -0.3 is 45.3 Å². The smallest absolute Gasteiger partial charge is 0.353 e. The molecule has 0 radical (unpaired) electrons. The Kier molecular flexibility index (Phi) is 15.8. The molecule has 3 heterocycles. The van der Waals surface area contributed by atoms with Crippen molar-refractivity contribution in [2.24, 2.45) is 11.8 Å². The molecule has 0 spiro atoms. The summed E-state index contributed by atoms with van der Waals surface area (Å²) in [6, 6.07) is 10.5. The number of rotatable bonds is 22. The molecule has 2 fully saturated rings. The normalized spacial score (nSPS) is 21.7. The van der Waals surface area contributed by atoms with Gasteiger partial charge >= 0.3 is 5.97 Å². The van der Waals surface area contributed by atoms with Crippen LogP contribution in [0.15, 0.2) is 53.1 Å². The van der Waals surface area contributed by atoms with Crippen LogP contribution in [0, 0.1) is 11.8 Å². The molecule has 1 unspecified atom stereocenters. The topological polar surface area (TPSA) is 239 Å². The summed E-state index contributed by atoms with van der Waals surface area (Å²) in [6.07, 6.45) is 1.97. The van der Waals surface area contributed by atoms with Gasteiger partial charge in [-0.2, -0.15) is 0 Å². The number of carboxylic acid groups (broad SMARTS) is 1. The zero-order valence-electron chi connectivity index (χ0n) is 33.5. The molecule has 2 saturated heterocycles. The second kappa shape index (κ2) is 20.5. The zero-order chi connectivity index (χ0) is 42.9. The van der Waals surface area contributed by atoms with E-state index in [2.05, 4.69) is 16.0 Å². The van der Waals surface area contributed by atoms with E-state index in [1.807, 2.05) is 29.8 Å². The van der Waals surface area contributed by atoms with Crippen LogP contribution in [0.3, 0.4) is 0 Å². The van der Waals surface area contributed by atoms with Gasteiger partial charge in [-0.25, -0.2) is 17.9 Å². The minimum Gasteiger partial charge on any atom is -0.493 e. The van der Waals surface area contributed by atoms with Crippen molar-refractivity contribution in [3.63, 3.8) is 0 Å². The van der Waals surface area contributed by atoms with Crippen molar-refractivity contribution >= 4 is 57.1 Å². The Balaban J connectivity index is 0.978. The molecule has 59 heavy (non-hydrogen) atoms. The Morgan fingerprint density at radius 2 is 1.80 bits per heavy atom. The first-order valence-corrected chi connectivity index (χ1v) is 22.1. The number of aryl methyl sites for hydroxylation is 1. The number of benzene rings is 2. The number of thioether (sulfide) groups is 1. The SMILES string of the molecule is COc1ccc(CCCCOCCNC(=O)CCCS(=O)(=O)NC(=O)c2cccc(NC(=O)[C@@H]3C[C@H](SC4=C(C(=O)O)N5C(=O)[C@H]([C@@H](C)O)C5[C@H]4C)CN3)c2)cc1OC. The number of aliphatic carboxylic acids is 1. The first kappa shape index (κ1) is 45.4. The molecule has 3 aliphatic rings. The predicted octanol–water partition coefficient (Wildman–Crippen LogP) is 2.26. The predicted molar refractivity (Wildman–Crippen MR) is 219 cm³/mol. The molecule has 17 nitrogen and oxygen atoms in total. The number of hydrogen-bond acceptors (Lipinski definition) is 13. The summed E-state index contributed by atoms with van der Waals surface area (Å²) in [4.78, 5) is 65.0. The number of nitrogens with one attached hydrogen (secondary N) is 4. The Morgan fingerprint density at radius 3 is 2.51 bits per heavy atom. The highest BCUT2D eigenvalue weighted by atomic mass is 32.2. The lowest BCUT2D eigenvalue weighted by atomic mass is 9.79. The lowest BCUT2D eigenvalue weighted by Crippen LogP contribution is -2.63. The number of carbonyl (C=O) groups excluding carboxylic acids is 4. The van der Waals surface area contributed by atoms with Crippen LogP contribution in [0.25, 0.3) is 0 Å². The highest BCUT2D eigenvalue weighted by Gasteiger charge is 2.60. The quantitative estimate of drug-likeness (QED) is 0.0736. The molecule has 3 aliphatic heterocycles. The van der Waals surface area contributed by atoms with Crippen LogP contribution in [0.2, 0.25) is 0 Å². The Labute approximate surface area is 348 Å². The number of aliphatic hydroxyl groups is 1. The van der Waals surface area contributed by atoms with Crippen molar-refractivity contribution in [1.82, 2.24) is 20.3 Å². The van der Waals surface area contributed by atoms with Gasteiger partial charge in [-0.1, -0.05) is 19.1 Å². The molecule has 5 rings (SSSR count). The number of amides is 4.